The van der Waals surface area contributed by atoms with Crippen LogP contribution in [-0.2, 0) is 0 Å². The van der Waals surface area contributed by atoms with Gasteiger partial charge in [0.1, 0.15) is 5.01 Å². The van der Waals surface area contributed by atoms with Gasteiger partial charge in [0, 0.05) is 34.0 Å². The molecule has 1 atom stereocenters. The molecule has 2 heterocycles. The molecular weight excluding hydrogens is 268 g/mol. The van der Waals surface area contributed by atoms with E-state index < -0.39 is 0 Å². The summed E-state index contributed by atoms with van der Waals surface area (Å²) < 4.78 is 0. The first-order valence-corrected chi connectivity index (χ1v) is 7.28. The maximum absolute atomic E-state index is 5.80. The molecule has 2 aromatic heterocycles. The highest BCUT2D eigenvalue weighted by atomic mass is 32.1. The average molecular weight is 284 g/mol. The smallest absolute Gasteiger partial charge is 0.115 e. The van der Waals surface area contributed by atoms with E-state index in [1.54, 1.807) is 17.5 Å². The standard InChI is InChI=1S/C15H16N4S/c1-9-8-18-15(20-9)10(2)19-13-5-6-17-14-7-11(16)3-4-12(13)14/h3-8,10H,16H2,1-2H3,(H,17,19). The quantitative estimate of drug-likeness (QED) is 0.719. The van der Waals surface area contributed by atoms with Crippen LogP contribution in [0.3, 0.4) is 0 Å². The number of nitrogens with zero attached hydrogens (tertiary/aromatic N) is 2. The van der Waals surface area contributed by atoms with Crippen molar-refractivity contribution < 1.29 is 0 Å². The topological polar surface area (TPSA) is 63.8 Å². The lowest BCUT2D eigenvalue weighted by Gasteiger charge is -2.14. The van der Waals surface area contributed by atoms with Gasteiger partial charge in [0.05, 0.1) is 11.6 Å². The zero-order valence-electron chi connectivity index (χ0n) is 11.4. The Morgan fingerprint density at radius 2 is 2.10 bits per heavy atom. The highest BCUT2D eigenvalue weighted by Gasteiger charge is 2.11. The Kier molecular flexibility index (Phi) is 3.28. The highest BCUT2D eigenvalue weighted by Crippen LogP contribution is 2.28. The summed E-state index contributed by atoms with van der Waals surface area (Å²) in [4.78, 5) is 10.0. The number of hydrogen-bond donors (Lipinski definition) is 2. The van der Waals surface area contributed by atoms with Crippen LogP contribution in [0.15, 0.2) is 36.7 Å². The number of pyridine rings is 1. The number of nitrogens with two attached hydrogens (primary N) is 1. The number of aromatic nitrogens is 2. The van der Waals surface area contributed by atoms with Gasteiger partial charge in [0.25, 0.3) is 0 Å². The lowest BCUT2D eigenvalue weighted by atomic mass is 10.1. The number of hydrogen-bond acceptors (Lipinski definition) is 5. The molecule has 0 saturated carbocycles. The van der Waals surface area contributed by atoms with Gasteiger partial charge in [-0.15, -0.1) is 11.3 Å². The second kappa shape index (κ2) is 5.09. The number of thiazole rings is 1. The van der Waals surface area contributed by atoms with Gasteiger partial charge in [-0.1, -0.05) is 0 Å². The van der Waals surface area contributed by atoms with E-state index in [9.17, 15) is 0 Å². The Morgan fingerprint density at radius 1 is 1.25 bits per heavy atom. The van der Waals surface area contributed by atoms with Crippen molar-refractivity contribution in [1.82, 2.24) is 9.97 Å². The van der Waals surface area contributed by atoms with Gasteiger partial charge < -0.3 is 11.1 Å². The highest BCUT2D eigenvalue weighted by molar-refractivity contribution is 7.11. The molecule has 20 heavy (non-hydrogen) atoms. The molecule has 0 fully saturated rings. The van der Waals surface area contributed by atoms with Crippen molar-refractivity contribution >= 4 is 33.6 Å². The Labute approximate surface area is 121 Å². The molecule has 3 N–H and O–H groups in total. The van der Waals surface area contributed by atoms with Gasteiger partial charge in [-0.05, 0) is 38.1 Å². The van der Waals surface area contributed by atoms with Gasteiger partial charge >= 0.3 is 0 Å². The first-order chi connectivity index (χ1) is 9.63. The van der Waals surface area contributed by atoms with Crippen LogP contribution in [0.2, 0.25) is 0 Å². The van der Waals surface area contributed by atoms with Crippen molar-refractivity contribution in [3.8, 4) is 0 Å². The fraction of sp³-hybridized carbons (Fsp3) is 0.200. The summed E-state index contributed by atoms with van der Waals surface area (Å²) in [5, 5.41) is 5.66. The minimum atomic E-state index is 0.164. The molecule has 1 unspecified atom stereocenters. The minimum Gasteiger partial charge on any atom is -0.399 e. The van der Waals surface area contributed by atoms with E-state index in [1.165, 1.54) is 4.88 Å². The third kappa shape index (κ3) is 2.44. The van der Waals surface area contributed by atoms with Gasteiger partial charge in [0.2, 0.25) is 0 Å². The maximum Gasteiger partial charge on any atom is 0.115 e. The van der Waals surface area contributed by atoms with Gasteiger partial charge in [-0.2, -0.15) is 0 Å². The number of aryl methyl sites for hydroxylation is 1. The number of nitrogens with one attached hydrogen (secondary N) is 1. The van der Waals surface area contributed by atoms with Crippen LogP contribution in [0.4, 0.5) is 11.4 Å². The predicted octanol–water partition coefficient (Wildman–Crippen LogP) is 3.76. The molecule has 3 rings (SSSR count). The zero-order valence-corrected chi connectivity index (χ0v) is 12.2. The summed E-state index contributed by atoms with van der Waals surface area (Å²) in [7, 11) is 0. The zero-order chi connectivity index (χ0) is 14.1. The SMILES string of the molecule is Cc1cnc(C(C)Nc2ccnc3cc(N)ccc23)s1. The van der Waals surface area contributed by atoms with Gasteiger partial charge in [-0.25, -0.2) is 4.98 Å². The van der Waals surface area contributed by atoms with E-state index in [0.717, 1.165) is 27.3 Å². The Morgan fingerprint density at radius 3 is 2.85 bits per heavy atom. The van der Waals surface area contributed by atoms with Crippen LogP contribution in [0.1, 0.15) is 22.9 Å². The average Bonchev–Trinajstić information content (AvgIpc) is 2.85. The van der Waals surface area contributed by atoms with Crippen LogP contribution < -0.4 is 11.1 Å². The molecule has 0 spiro atoms. The molecule has 5 heteroatoms. The monoisotopic (exact) mass is 284 g/mol. The molecule has 0 amide bonds. The van der Waals surface area contributed by atoms with Crippen molar-refractivity contribution in [3.05, 3.63) is 46.5 Å². The summed E-state index contributed by atoms with van der Waals surface area (Å²) in [5.74, 6) is 0. The minimum absolute atomic E-state index is 0.164. The molecule has 0 aliphatic heterocycles. The molecule has 0 radical (unpaired) electrons. The maximum atomic E-state index is 5.80. The van der Waals surface area contributed by atoms with Crippen LogP contribution in [0.5, 0.6) is 0 Å². The van der Waals surface area contributed by atoms with Gasteiger partial charge in [-0.3, -0.25) is 4.98 Å². The second-order valence-electron chi connectivity index (χ2n) is 4.81. The van der Waals surface area contributed by atoms with E-state index >= 15 is 0 Å². The summed E-state index contributed by atoms with van der Waals surface area (Å²) >= 11 is 1.71. The Bertz CT molecular complexity index is 750. The molecular formula is C15H16N4S. The van der Waals surface area contributed by atoms with E-state index in [1.807, 2.05) is 30.5 Å². The summed E-state index contributed by atoms with van der Waals surface area (Å²) in [6.07, 6.45) is 3.70. The van der Waals surface area contributed by atoms with Crippen molar-refractivity contribution in [3.63, 3.8) is 0 Å². The van der Waals surface area contributed by atoms with Crippen molar-refractivity contribution in [1.29, 1.82) is 0 Å². The second-order valence-corrected chi connectivity index (χ2v) is 6.08. The normalized spacial score (nSPS) is 12.5. The fourth-order valence-corrected chi connectivity index (χ4v) is 2.93. The third-order valence-electron chi connectivity index (χ3n) is 3.15. The van der Waals surface area contributed by atoms with E-state index in [2.05, 4.69) is 29.1 Å². The Hall–Kier alpha value is -2.14. The number of anilines is 2. The van der Waals surface area contributed by atoms with E-state index in [-0.39, 0.29) is 6.04 Å². The first-order valence-electron chi connectivity index (χ1n) is 6.46. The number of rotatable bonds is 3. The molecule has 0 saturated heterocycles. The van der Waals surface area contributed by atoms with Crippen LogP contribution in [-0.4, -0.2) is 9.97 Å². The summed E-state index contributed by atoms with van der Waals surface area (Å²) in [5.41, 5.74) is 8.48. The molecule has 4 nitrogen and oxygen atoms in total. The molecule has 1 aromatic carbocycles. The van der Waals surface area contributed by atoms with Crippen molar-refractivity contribution in [2.24, 2.45) is 0 Å². The first kappa shape index (κ1) is 12.9. The van der Waals surface area contributed by atoms with Crippen LogP contribution >= 0.6 is 11.3 Å². The van der Waals surface area contributed by atoms with Crippen LogP contribution in [0.25, 0.3) is 10.9 Å². The molecule has 0 aliphatic rings. The molecule has 0 bridgehead atoms. The summed E-state index contributed by atoms with van der Waals surface area (Å²) in [6, 6.07) is 7.93. The van der Waals surface area contributed by atoms with Crippen molar-refractivity contribution in [2.45, 2.75) is 19.9 Å². The molecule has 3 aromatic rings. The summed E-state index contributed by atoms with van der Waals surface area (Å²) in [6.45, 7) is 4.18. The van der Waals surface area contributed by atoms with E-state index in [0.29, 0.717) is 0 Å². The van der Waals surface area contributed by atoms with Crippen LogP contribution in [0, 0.1) is 6.92 Å². The van der Waals surface area contributed by atoms with E-state index in [4.69, 9.17) is 5.73 Å². The van der Waals surface area contributed by atoms with Gasteiger partial charge in [0.15, 0.2) is 0 Å². The fourth-order valence-electron chi connectivity index (χ4n) is 2.16. The van der Waals surface area contributed by atoms with Crippen molar-refractivity contribution in [2.75, 3.05) is 11.1 Å². The lowest BCUT2D eigenvalue weighted by Crippen LogP contribution is -2.06. The predicted molar refractivity (Wildman–Crippen MR) is 85.0 cm³/mol. The molecule has 102 valence electrons. The number of fused-ring (bicyclic) bond motifs is 1. The largest absolute Gasteiger partial charge is 0.399 e. The number of benzene rings is 1. The lowest BCUT2D eigenvalue weighted by molar-refractivity contribution is 0.871. The Balaban J connectivity index is 1.94. The number of nitrogen functional groups attached to an aromatic ring is 1. The third-order valence-corrected chi connectivity index (χ3v) is 4.24. The molecule has 0 aliphatic carbocycles.